The minimum atomic E-state index is -0.246. The summed E-state index contributed by atoms with van der Waals surface area (Å²) in [5.74, 6) is 0.734. The lowest BCUT2D eigenvalue weighted by molar-refractivity contribution is 0.300. The van der Waals surface area contributed by atoms with Crippen molar-refractivity contribution in [1.29, 1.82) is 0 Å². The molecule has 0 aliphatic carbocycles. The lowest BCUT2D eigenvalue weighted by Gasteiger charge is -2.08. The van der Waals surface area contributed by atoms with Crippen molar-refractivity contribution in [2.75, 3.05) is 6.61 Å². The number of aromatic hydroxyl groups is 1. The zero-order chi connectivity index (χ0) is 17.9. The van der Waals surface area contributed by atoms with Crippen molar-refractivity contribution >= 4 is 22.4 Å². The highest BCUT2D eigenvalue weighted by Crippen LogP contribution is 2.22. The van der Waals surface area contributed by atoms with Crippen LogP contribution in [0.2, 0.25) is 0 Å². The van der Waals surface area contributed by atoms with Crippen LogP contribution in [-0.4, -0.2) is 26.2 Å². The molecule has 3 aromatic heterocycles. The molecule has 0 fully saturated rings. The molecule has 0 spiro atoms. The van der Waals surface area contributed by atoms with Gasteiger partial charge >= 0.3 is 4.87 Å². The first-order valence-corrected chi connectivity index (χ1v) is 9.03. The van der Waals surface area contributed by atoms with E-state index >= 15 is 0 Å². The van der Waals surface area contributed by atoms with Gasteiger partial charge in [-0.25, -0.2) is 4.98 Å². The first kappa shape index (κ1) is 16.4. The van der Waals surface area contributed by atoms with Crippen LogP contribution in [0.25, 0.3) is 11.0 Å². The fraction of sp³-hybridized carbons (Fsp3) is 0.158. The number of aromatic amines is 1. The van der Waals surface area contributed by atoms with Crippen LogP contribution in [0.3, 0.4) is 0 Å². The molecule has 132 valence electrons. The number of fused-ring (bicyclic) bond motifs is 1. The van der Waals surface area contributed by atoms with Gasteiger partial charge in [0.1, 0.15) is 18.0 Å². The average molecular weight is 367 g/mol. The van der Waals surface area contributed by atoms with Gasteiger partial charge in [-0.1, -0.05) is 23.5 Å². The first-order chi connectivity index (χ1) is 12.7. The number of ether oxygens (including phenoxy) is 1. The van der Waals surface area contributed by atoms with Gasteiger partial charge in [0.05, 0.1) is 11.4 Å². The number of benzene rings is 1. The van der Waals surface area contributed by atoms with Gasteiger partial charge in [-0.15, -0.1) is 0 Å². The van der Waals surface area contributed by atoms with Crippen LogP contribution < -0.4 is 9.61 Å². The molecule has 0 aliphatic heterocycles. The summed E-state index contributed by atoms with van der Waals surface area (Å²) in [6, 6.07) is 13.7. The van der Waals surface area contributed by atoms with Gasteiger partial charge in [-0.2, -0.15) is 0 Å². The number of hydrogen-bond acceptors (Lipinski definition) is 5. The maximum Gasteiger partial charge on any atom is 0.307 e. The molecular weight excluding hydrogens is 350 g/mol. The number of H-pyrrole nitrogens is 1. The van der Waals surface area contributed by atoms with Crippen molar-refractivity contribution in [2.45, 2.75) is 13.0 Å². The van der Waals surface area contributed by atoms with Crippen molar-refractivity contribution < 1.29 is 9.84 Å². The van der Waals surface area contributed by atoms with Crippen LogP contribution in [0.15, 0.2) is 59.7 Å². The predicted molar refractivity (Wildman–Crippen MR) is 101 cm³/mol. The molecule has 6 nitrogen and oxygen atoms in total. The predicted octanol–water partition coefficient (Wildman–Crippen LogP) is 3.16. The molecule has 0 unspecified atom stereocenters. The second kappa shape index (κ2) is 7.05. The zero-order valence-electron chi connectivity index (χ0n) is 13.9. The van der Waals surface area contributed by atoms with Crippen molar-refractivity contribution in [3.63, 3.8) is 0 Å². The smallest absolute Gasteiger partial charge is 0.307 e. The molecule has 0 saturated carbocycles. The fourth-order valence-corrected chi connectivity index (χ4v) is 3.58. The molecule has 0 bridgehead atoms. The Kier molecular flexibility index (Phi) is 4.45. The Balaban J connectivity index is 1.35. The Morgan fingerprint density at radius 2 is 2.04 bits per heavy atom. The lowest BCUT2D eigenvalue weighted by atomic mass is 10.1. The van der Waals surface area contributed by atoms with E-state index in [-0.39, 0.29) is 10.8 Å². The minimum absolute atomic E-state index is 0.0483. The number of nitrogens with zero attached hydrogens (tertiary/aromatic N) is 2. The summed E-state index contributed by atoms with van der Waals surface area (Å²) in [6.45, 7) is 1.26. The van der Waals surface area contributed by atoms with Crippen LogP contribution in [0.1, 0.15) is 10.4 Å². The fourth-order valence-electron chi connectivity index (χ4n) is 2.82. The van der Waals surface area contributed by atoms with Gasteiger partial charge in [0, 0.05) is 24.2 Å². The lowest BCUT2D eigenvalue weighted by Crippen LogP contribution is -2.07. The van der Waals surface area contributed by atoms with Crippen LogP contribution in [0, 0.1) is 0 Å². The van der Waals surface area contributed by atoms with E-state index in [4.69, 9.17) is 4.74 Å². The molecule has 4 rings (SSSR count). The number of pyridine rings is 1. The van der Waals surface area contributed by atoms with Crippen LogP contribution in [0.5, 0.6) is 11.6 Å². The Bertz CT molecular complexity index is 1080. The summed E-state index contributed by atoms with van der Waals surface area (Å²) < 4.78 is 7.88. The van der Waals surface area contributed by atoms with Gasteiger partial charge in [-0.3, -0.25) is 9.78 Å². The standard InChI is InChI=1S/C19H17N3O3S/c23-18-16(26-19(24)21-18)12-13-3-5-15(6-4-13)25-11-10-22-9-7-14-2-1-8-20-17(14)22/h1-9,23H,10-12H2,(H,21,24). The summed E-state index contributed by atoms with van der Waals surface area (Å²) in [5, 5.41) is 10.8. The summed E-state index contributed by atoms with van der Waals surface area (Å²) >= 11 is 1.03. The summed E-state index contributed by atoms with van der Waals surface area (Å²) in [7, 11) is 0. The quantitative estimate of drug-likeness (QED) is 0.549. The van der Waals surface area contributed by atoms with E-state index in [9.17, 15) is 9.90 Å². The van der Waals surface area contributed by atoms with E-state index in [0.29, 0.717) is 24.4 Å². The molecule has 0 amide bonds. The van der Waals surface area contributed by atoms with Gasteiger partial charge < -0.3 is 14.4 Å². The topological polar surface area (TPSA) is 80.1 Å². The molecule has 26 heavy (non-hydrogen) atoms. The van der Waals surface area contributed by atoms with Crippen LogP contribution in [-0.2, 0) is 13.0 Å². The van der Waals surface area contributed by atoms with Crippen molar-refractivity contribution in [2.24, 2.45) is 0 Å². The van der Waals surface area contributed by atoms with Crippen molar-refractivity contribution in [3.8, 4) is 11.6 Å². The van der Waals surface area contributed by atoms with Crippen LogP contribution >= 0.6 is 11.3 Å². The third kappa shape index (κ3) is 3.48. The van der Waals surface area contributed by atoms with Gasteiger partial charge in [-0.05, 0) is 35.9 Å². The first-order valence-electron chi connectivity index (χ1n) is 8.21. The summed E-state index contributed by atoms with van der Waals surface area (Å²) in [4.78, 5) is 18.4. The van der Waals surface area contributed by atoms with E-state index in [1.54, 1.807) is 6.20 Å². The summed E-state index contributed by atoms with van der Waals surface area (Å²) in [5.41, 5.74) is 1.96. The monoisotopic (exact) mass is 367 g/mol. The van der Waals surface area contributed by atoms with E-state index in [1.807, 2.05) is 48.7 Å². The Morgan fingerprint density at radius 3 is 2.81 bits per heavy atom. The highest BCUT2D eigenvalue weighted by molar-refractivity contribution is 7.09. The van der Waals surface area contributed by atoms with Crippen LogP contribution in [0.4, 0.5) is 0 Å². The van der Waals surface area contributed by atoms with E-state index < -0.39 is 0 Å². The molecule has 2 N–H and O–H groups in total. The van der Waals surface area contributed by atoms with E-state index in [2.05, 4.69) is 14.5 Å². The second-order valence-electron chi connectivity index (χ2n) is 5.88. The summed E-state index contributed by atoms with van der Waals surface area (Å²) in [6.07, 6.45) is 4.31. The highest BCUT2D eigenvalue weighted by Gasteiger charge is 2.08. The number of thiazole rings is 1. The SMILES string of the molecule is O=c1[nH]c(O)c(Cc2ccc(OCCn3ccc4cccnc43)cc2)s1. The molecule has 0 radical (unpaired) electrons. The third-order valence-corrected chi connectivity index (χ3v) is 4.98. The number of rotatable bonds is 6. The zero-order valence-corrected chi connectivity index (χ0v) is 14.7. The maximum absolute atomic E-state index is 11.2. The molecular formula is C19H17N3O3S. The molecule has 1 aromatic carbocycles. The van der Waals surface area contributed by atoms with E-state index in [0.717, 1.165) is 33.7 Å². The van der Waals surface area contributed by atoms with Gasteiger partial charge in [0.2, 0.25) is 5.88 Å². The Labute approximate surface area is 153 Å². The van der Waals surface area contributed by atoms with Gasteiger partial charge in [0.25, 0.3) is 0 Å². The molecule has 0 atom stereocenters. The molecule has 7 heteroatoms. The second-order valence-corrected chi connectivity index (χ2v) is 6.95. The third-order valence-electron chi connectivity index (χ3n) is 4.11. The number of hydrogen-bond donors (Lipinski definition) is 2. The molecule has 0 saturated heterocycles. The maximum atomic E-state index is 11.2. The molecule has 0 aliphatic rings. The van der Waals surface area contributed by atoms with E-state index in [1.165, 1.54) is 0 Å². The normalized spacial score (nSPS) is 11.1. The largest absolute Gasteiger partial charge is 0.494 e. The highest BCUT2D eigenvalue weighted by atomic mass is 32.1. The number of aromatic nitrogens is 3. The minimum Gasteiger partial charge on any atom is -0.494 e. The Morgan fingerprint density at radius 1 is 1.19 bits per heavy atom. The van der Waals surface area contributed by atoms with Crippen molar-refractivity contribution in [3.05, 3.63) is 75.0 Å². The Hall–Kier alpha value is -3.06. The van der Waals surface area contributed by atoms with Crippen molar-refractivity contribution in [1.82, 2.24) is 14.5 Å². The average Bonchev–Trinajstić information content (AvgIpc) is 3.19. The molecule has 4 aromatic rings. The number of nitrogens with one attached hydrogen (secondary N) is 1. The van der Waals surface area contributed by atoms with Gasteiger partial charge in [0.15, 0.2) is 0 Å². The molecule has 3 heterocycles.